The monoisotopic (exact) mass is 405 g/mol. The molecule has 1 unspecified atom stereocenters. The summed E-state index contributed by atoms with van der Waals surface area (Å²) in [7, 11) is 1.51. The molecule has 8 nitrogen and oxygen atoms in total. The average molecular weight is 405 g/mol. The predicted molar refractivity (Wildman–Crippen MR) is 103 cm³/mol. The summed E-state index contributed by atoms with van der Waals surface area (Å²) in [6.45, 7) is 3.10. The summed E-state index contributed by atoms with van der Waals surface area (Å²) in [5.41, 5.74) is -0.351. The van der Waals surface area contributed by atoms with E-state index in [-0.39, 0.29) is 25.2 Å². The van der Waals surface area contributed by atoms with E-state index in [1.165, 1.54) is 18.9 Å². The Labute approximate surface area is 170 Å². The Bertz CT molecular complexity index is 785. The number of Topliss-reactive ketones (excluding diaryl/α,β-unsaturated/α-hetero) is 1. The highest BCUT2D eigenvalue weighted by molar-refractivity contribution is 6.01. The van der Waals surface area contributed by atoms with Gasteiger partial charge in [0.05, 0.1) is 6.04 Å². The molecular weight excluding hydrogens is 378 g/mol. The van der Waals surface area contributed by atoms with Gasteiger partial charge in [0.2, 0.25) is 6.79 Å². The molecule has 29 heavy (non-hydrogen) atoms. The second-order valence-electron chi connectivity index (χ2n) is 7.61. The van der Waals surface area contributed by atoms with Crippen LogP contribution in [0.3, 0.4) is 0 Å². The number of fused-ring (bicyclic) bond motifs is 1. The van der Waals surface area contributed by atoms with Gasteiger partial charge in [0, 0.05) is 19.5 Å². The molecule has 1 saturated carbocycles. The van der Waals surface area contributed by atoms with E-state index in [1.54, 1.807) is 25.1 Å². The van der Waals surface area contributed by atoms with Crippen molar-refractivity contribution in [3.05, 3.63) is 23.8 Å². The molecule has 0 N–H and O–H groups in total. The number of amides is 1. The molecule has 0 spiro atoms. The maximum Gasteiger partial charge on any atom is 0.410 e. The smallest absolute Gasteiger partial charge is 0.410 e. The largest absolute Gasteiger partial charge is 0.456 e. The van der Waals surface area contributed by atoms with Crippen molar-refractivity contribution in [1.82, 2.24) is 4.90 Å². The quantitative estimate of drug-likeness (QED) is 0.529. The van der Waals surface area contributed by atoms with Crippen molar-refractivity contribution in [2.75, 3.05) is 20.4 Å². The third-order valence-electron chi connectivity index (χ3n) is 5.49. The number of rotatable bonds is 6. The van der Waals surface area contributed by atoms with E-state index < -0.39 is 17.7 Å². The molecular formula is C21H27NO7. The van der Waals surface area contributed by atoms with Gasteiger partial charge in [0.25, 0.3) is 0 Å². The molecule has 3 rings (SSSR count). The van der Waals surface area contributed by atoms with E-state index in [9.17, 15) is 14.4 Å². The summed E-state index contributed by atoms with van der Waals surface area (Å²) in [4.78, 5) is 38.1. The van der Waals surface area contributed by atoms with Crippen molar-refractivity contribution in [3.8, 4) is 11.5 Å². The van der Waals surface area contributed by atoms with E-state index in [2.05, 4.69) is 0 Å². The highest BCUT2D eigenvalue weighted by atomic mass is 16.7. The van der Waals surface area contributed by atoms with Gasteiger partial charge in [-0.3, -0.25) is 9.59 Å². The van der Waals surface area contributed by atoms with E-state index in [0.717, 1.165) is 19.3 Å². The number of nitrogens with zero attached hydrogens (tertiary/aromatic N) is 1. The Morgan fingerprint density at radius 2 is 1.83 bits per heavy atom. The fourth-order valence-corrected chi connectivity index (χ4v) is 3.70. The van der Waals surface area contributed by atoms with Crippen LogP contribution in [0.5, 0.6) is 11.5 Å². The molecule has 1 fully saturated rings. The van der Waals surface area contributed by atoms with Crippen LogP contribution in [-0.4, -0.2) is 54.8 Å². The van der Waals surface area contributed by atoms with Gasteiger partial charge in [-0.1, -0.05) is 6.42 Å². The summed E-state index contributed by atoms with van der Waals surface area (Å²) in [6, 6.07) is 4.19. The minimum atomic E-state index is -0.773. The molecule has 8 heteroatoms. The Morgan fingerprint density at radius 3 is 2.52 bits per heavy atom. The molecule has 1 aromatic rings. The van der Waals surface area contributed by atoms with E-state index in [0.29, 0.717) is 29.9 Å². The lowest BCUT2D eigenvalue weighted by molar-refractivity contribution is -0.166. The van der Waals surface area contributed by atoms with Crippen molar-refractivity contribution in [1.29, 1.82) is 0 Å². The average Bonchev–Trinajstić information content (AvgIpc) is 3.18. The third kappa shape index (κ3) is 4.81. The summed E-state index contributed by atoms with van der Waals surface area (Å²) in [6.07, 6.45) is 3.59. The molecule has 2 aliphatic rings. The SMILES string of the molecule is CC(=O)OC1(COC(=O)N(C)C(C)C(=O)c2ccc3c(c2)OCO3)CCCCC1. The van der Waals surface area contributed by atoms with Crippen LogP contribution in [0.4, 0.5) is 4.79 Å². The third-order valence-corrected chi connectivity index (χ3v) is 5.49. The zero-order chi connectivity index (χ0) is 21.0. The fraction of sp³-hybridized carbons (Fsp3) is 0.571. The first-order chi connectivity index (χ1) is 13.8. The topological polar surface area (TPSA) is 91.4 Å². The Morgan fingerprint density at radius 1 is 1.14 bits per heavy atom. The number of carbonyl (C=O) groups is 3. The number of hydrogen-bond donors (Lipinski definition) is 0. The van der Waals surface area contributed by atoms with Crippen LogP contribution in [0.25, 0.3) is 0 Å². The molecule has 158 valence electrons. The number of hydrogen-bond acceptors (Lipinski definition) is 7. The van der Waals surface area contributed by atoms with Gasteiger partial charge >= 0.3 is 12.1 Å². The van der Waals surface area contributed by atoms with Crippen LogP contribution in [0.2, 0.25) is 0 Å². The van der Waals surface area contributed by atoms with Gasteiger partial charge in [-0.05, 0) is 50.8 Å². The van der Waals surface area contributed by atoms with Gasteiger partial charge < -0.3 is 23.8 Å². The first-order valence-electron chi connectivity index (χ1n) is 9.84. The molecule has 1 aromatic carbocycles. The molecule has 1 aliphatic heterocycles. The van der Waals surface area contributed by atoms with Crippen molar-refractivity contribution in [2.24, 2.45) is 0 Å². The lowest BCUT2D eigenvalue weighted by atomic mass is 9.85. The fourth-order valence-electron chi connectivity index (χ4n) is 3.70. The van der Waals surface area contributed by atoms with Crippen molar-refractivity contribution in [3.63, 3.8) is 0 Å². The highest BCUT2D eigenvalue weighted by Crippen LogP contribution is 2.34. The lowest BCUT2D eigenvalue weighted by Gasteiger charge is -2.36. The Kier molecular flexibility index (Phi) is 6.30. The molecule has 0 saturated heterocycles. The lowest BCUT2D eigenvalue weighted by Crippen LogP contribution is -2.45. The number of esters is 1. The van der Waals surface area contributed by atoms with Crippen molar-refractivity contribution < 1.29 is 33.3 Å². The van der Waals surface area contributed by atoms with Gasteiger partial charge in [0.1, 0.15) is 12.2 Å². The Hall–Kier alpha value is -2.77. The van der Waals surface area contributed by atoms with Crippen LogP contribution in [0.1, 0.15) is 56.3 Å². The minimum Gasteiger partial charge on any atom is -0.456 e. The van der Waals surface area contributed by atoms with Crippen LogP contribution < -0.4 is 9.47 Å². The Balaban J connectivity index is 1.61. The second-order valence-corrected chi connectivity index (χ2v) is 7.61. The van der Waals surface area contributed by atoms with Crippen LogP contribution in [0.15, 0.2) is 18.2 Å². The number of carbonyl (C=O) groups excluding carboxylic acids is 3. The molecule has 1 atom stereocenters. The summed E-state index contributed by atoms with van der Waals surface area (Å²) >= 11 is 0. The molecule has 0 aromatic heterocycles. The van der Waals surface area contributed by atoms with Crippen molar-refractivity contribution in [2.45, 2.75) is 57.6 Å². The maximum atomic E-state index is 12.8. The van der Waals surface area contributed by atoms with Crippen LogP contribution in [-0.2, 0) is 14.3 Å². The second kappa shape index (κ2) is 8.71. The van der Waals surface area contributed by atoms with Gasteiger partial charge in [0.15, 0.2) is 17.3 Å². The number of benzene rings is 1. The molecule has 0 bridgehead atoms. The van der Waals surface area contributed by atoms with E-state index in [4.69, 9.17) is 18.9 Å². The van der Waals surface area contributed by atoms with Crippen LogP contribution >= 0.6 is 0 Å². The van der Waals surface area contributed by atoms with Crippen LogP contribution in [0, 0.1) is 0 Å². The highest BCUT2D eigenvalue weighted by Gasteiger charge is 2.37. The molecule has 1 heterocycles. The number of ketones is 1. The zero-order valence-corrected chi connectivity index (χ0v) is 17.1. The molecule has 1 aliphatic carbocycles. The maximum absolute atomic E-state index is 12.8. The van der Waals surface area contributed by atoms with Gasteiger partial charge in [-0.15, -0.1) is 0 Å². The van der Waals surface area contributed by atoms with Gasteiger partial charge in [-0.2, -0.15) is 0 Å². The first-order valence-corrected chi connectivity index (χ1v) is 9.84. The normalized spacial score (nSPS) is 17.9. The molecule has 0 radical (unpaired) electrons. The minimum absolute atomic E-state index is 0.0132. The summed E-state index contributed by atoms with van der Waals surface area (Å²) in [5, 5.41) is 0. The first kappa shape index (κ1) is 21.0. The van der Waals surface area contributed by atoms with E-state index in [1.807, 2.05) is 0 Å². The molecule has 1 amide bonds. The number of likely N-dealkylation sites (N-methyl/N-ethyl adjacent to an activating group) is 1. The van der Waals surface area contributed by atoms with Crippen molar-refractivity contribution >= 4 is 17.8 Å². The van der Waals surface area contributed by atoms with Gasteiger partial charge in [-0.25, -0.2) is 4.79 Å². The summed E-state index contributed by atoms with van der Waals surface area (Å²) < 4.78 is 21.5. The number of ether oxygens (including phenoxy) is 4. The standard InChI is InChI=1S/C21H27NO7/c1-14(19(24)16-7-8-17-18(11-16)28-13-27-17)22(3)20(25)26-12-21(29-15(2)23)9-5-4-6-10-21/h7-8,11,14H,4-6,9-10,12-13H2,1-3H3. The summed E-state index contributed by atoms with van der Waals surface area (Å²) in [5.74, 6) is 0.469. The predicted octanol–water partition coefficient (Wildman–Crippen LogP) is 3.32. The zero-order valence-electron chi connectivity index (χ0n) is 17.1. The van der Waals surface area contributed by atoms with E-state index >= 15 is 0 Å².